The van der Waals surface area contributed by atoms with E-state index in [1.807, 2.05) is 18.2 Å². The average Bonchev–Trinajstić information content (AvgIpc) is 2.18. The minimum Gasteiger partial charge on any atom is -0.337 e. The third-order valence-electron chi connectivity index (χ3n) is 1.65. The van der Waals surface area contributed by atoms with Crippen molar-refractivity contribution >= 4 is 28.5 Å². The number of nitrogens with one attached hydrogen (secondary N) is 1. The van der Waals surface area contributed by atoms with Gasteiger partial charge in [-0.2, -0.15) is 5.26 Å². The molecule has 0 fully saturated rings. The van der Waals surface area contributed by atoms with Crippen LogP contribution in [0.5, 0.6) is 0 Å². The van der Waals surface area contributed by atoms with E-state index in [-0.39, 0.29) is 5.91 Å². The summed E-state index contributed by atoms with van der Waals surface area (Å²) in [6, 6.07) is 8.67. The number of amides is 1. The Hall–Kier alpha value is -1.09. The molecule has 0 aliphatic heterocycles. The molecule has 1 atom stereocenters. The molecular weight excluding hydrogens is 291 g/mol. The Morgan fingerprint density at radius 1 is 1.50 bits per heavy atom. The fraction of sp³-hybridized carbons (Fsp3) is 0.200. The van der Waals surface area contributed by atoms with Crippen LogP contribution in [0.4, 0.5) is 0 Å². The van der Waals surface area contributed by atoms with Crippen LogP contribution in [0.2, 0.25) is 0 Å². The second-order valence-electron chi connectivity index (χ2n) is 2.83. The molecule has 0 bridgehead atoms. The quantitative estimate of drug-likeness (QED) is 0.849. The molecule has 1 aromatic carbocycles. The van der Waals surface area contributed by atoms with Gasteiger partial charge in [-0.25, -0.2) is 0 Å². The van der Waals surface area contributed by atoms with Gasteiger partial charge >= 0.3 is 0 Å². The van der Waals surface area contributed by atoms with Gasteiger partial charge in [0.25, 0.3) is 5.91 Å². The predicted molar refractivity (Wildman–Crippen MR) is 61.7 cm³/mol. The SMILES string of the molecule is C[C@@H](C#N)NC(=O)c1ccc(I)cc1. The fourth-order valence-corrected chi connectivity index (χ4v) is 1.27. The lowest BCUT2D eigenvalue weighted by molar-refractivity contribution is 0.0948. The second-order valence-corrected chi connectivity index (χ2v) is 4.08. The van der Waals surface area contributed by atoms with Gasteiger partial charge in [0.05, 0.1) is 6.07 Å². The molecule has 0 radical (unpaired) electrons. The molecule has 0 aliphatic rings. The Morgan fingerprint density at radius 3 is 2.57 bits per heavy atom. The molecule has 0 saturated carbocycles. The van der Waals surface area contributed by atoms with Gasteiger partial charge in [-0.1, -0.05) is 0 Å². The first-order chi connectivity index (χ1) is 6.63. The van der Waals surface area contributed by atoms with Crippen molar-refractivity contribution < 1.29 is 4.79 Å². The zero-order valence-corrected chi connectivity index (χ0v) is 9.78. The number of carbonyl (C=O) groups is 1. The lowest BCUT2D eigenvalue weighted by atomic mass is 10.2. The number of hydrogen-bond donors (Lipinski definition) is 1. The van der Waals surface area contributed by atoms with E-state index in [1.165, 1.54) is 0 Å². The number of nitriles is 1. The van der Waals surface area contributed by atoms with Crippen molar-refractivity contribution in [3.8, 4) is 6.07 Å². The van der Waals surface area contributed by atoms with E-state index >= 15 is 0 Å². The Bertz CT molecular complexity index is 367. The third-order valence-corrected chi connectivity index (χ3v) is 2.37. The van der Waals surface area contributed by atoms with E-state index in [4.69, 9.17) is 5.26 Å². The maximum atomic E-state index is 11.5. The molecule has 1 aromatic rings. The van der Waals surface area contributed by atoms with E-state index in [0.717, 1.165) is 3.57 Å². The molecule has 1 rings (SSSR count). The van der Waals surface area contributed by atoms with Gasteiger partial charge < -0.3 is 5.32 Å². The van der Waals surface area contributed by atoms with Gasteiger partial charge in [-0.15, -0.1) is 0 Å². The van der Waals surface area contributed by atoms with Crippen LogP contribution < -0.4 is 5.32 Å². The van der Waals surface area contributed by atoms with Crippen LogP contribution in [-0.4, -0.2) is 11.9 Å². The maximum absolute atomic E-state index is 11.5. The summed E-state index contributed by atoms with van der Waals surface area (Å²) in [6.45, 7) is 1.64. The molecule has 4 heteroatoms. The lowest BCUT2D eigenvalue weighted by Gasteiger charge is -2.05. The minimum atomic E-state index is -0.457. The zero-order chi connectivity index (χ0) is 10.6. The van der Waals surface area contributed by atoms with Crippen LogP contribution in [-0.2, 0) is 0 Å². The highest BCUT2D eigenvalue weighted by atomic mass is 127. The first kappa shape index (κ1) is 11.0. The van der Waals surface area contributed by atoms with Crippen LogP contribution in [0.3, 0.4) is 0 Å². The first-order valence-corrected chi connectivity index (χ1v) is 5.17. The monoisotopic (exact) mass is 300 g/mol. The normalized spacial score (nSPS) is 11.5. The lowest BCUT2D eigenvalue weighted by Crippen LogP contribution is -2.31. The van der Waals surface area contributed by atoms with Crippen molar-refractivity contribution in [2.75, 3.05) is 0 Å². The first-order valence-electron chi connectivity index (χ1n) is 4.09. The molecule has 0 saturated heterocycles. The summed E-state index contributed by atoms with van der Waals surface area (Å²) in [7, 11) is 0. The summed E-state index contributed by atoms with van der Waals surface area (Å²) < 4.78 is 1.08. The van der Waals surface area contributed by atoms with Gasteiger partial charge in [0.2, 0.25) is 0 Å². The van der Waals surface area contributed by atoms with Crippen molar-refractivity contribution in [3.63, 3.8) is 0 Å². The molecule has 3 nitrogen and oxygen atoms in total. The highest BCUT2D eigenvalue weighted by molar-refractivity contribution is 14.1. The van der Waals surface area contributed by atoms with Crippen molar-refractivity contribution in [3.05, 3.63) is 33.4 Å². The van der Waals surface area contributed by atoms with Crippen molar-refractivity contribution in [1.29, 1.82) is 5.26 Å². The van der Waals surface area contributed by atoms with E-state index in [2.05, 4.69) is 27.9 Å². The summed E-state index contributed by atoms with van der Waals surface area (Å²) in [5, 5.41) is 11.1. The molecule has 14 heavy (non-hydrogen) atoms. The summed E-state index contributed by atoms with van der Waals surface area (Å²) in [4.78, 5) is 11.5. The zero-order valence-electron chi connectivity index (χ0n) is 7.62. The molecule has 0 heterocycles. The molecule has 1 N–H and O–H groups in total. The van der Waals surface area contributed by atoms with Crippen LogP contribution in [0.25, 0.3) is 0 Å². The summed E-state index contributed by atoms with van der Waals surface area (Å²) in [6.07, 6.45) is 0. The van der Waals surface area contributed by atoms with E-state index in [0.29, 0.717) is 5.56 Å². The number of halogens is 1. The van der Waals surface area contributed by atoms with Crippen LogP contribution in [0.1, 0.15) is 17.3 Å². The number of carbonyl (C=O) groups excluding carboxylic acids is 1. The second kappa shape index (κ2) is 4.96. The predicted octanol–water partition coefficient (Wildman–Crippen LogP) is 1.93. The summed E-state index contributed by atoms with van der Waals surface area (Å²) in [5.41, 5.74) is 0.576. The van der Waals surface area contributed by atoms with E-state index in [1.54, 1.807) is 19.1 Å². The van der Waals surface area contributed by atoms with Crippen molar-refractivity contribution in [2.45, 2.75) is 13.0 Å². The van der Waals surface area contributed by atoms with Gasteiger partial charge in [0, 0.05) is 9.13 Å². The standard InChI is InChI=1S/C10H9IN2O/c1-7(6-12)13-10(14)8-2-4-9(11)5-3-8/h2-5,7H,1H3,(H,13,14)/t7-/m0/s1. The molecular formula is C10H9IN2O. The number of hydrogen-bond acceptors (Lipinski definition) is 2. The minimum absolute atomic E-state index is 0.213. The molecule has 0 spiro atoms. The van der Waals surface area contributed by atoms with Gasteiger partial charge in [-0.05, 0) is 53.8 Å². The molecule has 1 amide bonds. The smallest absolute Gasteiger partial charge is 0.252 e. The highest BCUT2D eigenvalue weighted by Crippen LogP contribution is 2.06. The van der Waals surface area contributed by atoms with Gasteiger partial charge in [0.15, 0.2) is 0 Å². The highest BCUT2D eigenvalue weighted by Gasteiger charge is 2.07. The van der Waals surface area contributed by atoms with Crippen molar-refractivity contribution in [1.82, 2.24) is 5.32 Å². The van der Waals surface area contributed by atoms with Crippen molar-refractivity contribution in [2.24, 2.45) is 0 Å². The van der Waals surface area contributed by atoms with Gasteiger partial charge in [-0.3, -0.25) is 4.79 Å². The maximum Gasteiger partial charge on any atom is 0.252 e. The number of nitrogens with zero attached hydrogens (tertiary/aromatic N) is 1. The third kappa shape index (κ3) is 3.00. The van der Waals surface area contributed by atoms with E-state index < -0.39 is 6.04 Å². The average molecular weight is 300 g/mol. The van der Waals surface area contributed by atoms with Crippen LogP contribution in [0.15, 0.2) is 24.3 Å². The summed E-state index contributed by atoms with van der Waals surface area (Å²) >= 11 is 2.17. The van der Waals surface area contributed by atoms with Crippen LogP contribution >= 0.6 is 22.6 Å². The van der Waals surface area contributed by atoms with E-state index in [9.17, 15) is 4.79 Å². The molecule has 0 aromatic heterocycles. The largest absolute Gasteiger partial charge is 0.337 e. The van der Waals surface area contributed by atoms with Gasteiger partial charge in [0.1, 0.15) is 6.04 Å². The Morgan fingerprint density at radius 2 is 2.07 bits per heavy atom. The molecule has 0 unspecified atom stereocenters. The summed E-state index contributed by atoms with van der Waals surface area (Å²) in [5.74, 6) is -0.213. The number of rotatable bonds is 2. The van der Waals surface area contributed by atoms with Crippen LogP contribution in [0, 0.1) is 14.9 Å². The number of benzene rings is 1. The Balaban J connectivity index is 2.71. The fourth-order valence-electron chi connectivity index (χ4n) is 0.914. The Kier molecular flexibility index (Phi) is 3.89. The molecule has 72 valence electrons. The Labute approximate surface area is 96.3 Å². The topological polar surface area (TPSA) is 52.9 Å². The molecule has 0 aliphatic carbocycles.